The van der Waals surface area contributed by atoms with Crippen molar-refractivity contribution in [3.8, 4) is 5.75 Å². The number of hydrogen-bond acceptors (Lipinski definition) is 5. The molecule has 0 unspecified atom stereocenters. The quantitative estimate of drug-likeness (QED) is 0.780. The van der Waals surface area contributed by atoms with Gasteiger partial charge >= 0.3 is 0 Å². The van der Waals surface area contributed by atoms with Crippen LogP contribution in [0.25, 0.3) is 0 Å². The molecule has 1 aliphatic heterocycles. The van der Waals surface area contributed by atoms with Crippen LogP contribution in [0.2, 0.25) is 0 Å². The lowest BCUT2D eigenvalue weighted by molar-refractivity contribution is -0.137. The lowest BCUT2D eigenvalue weighted by Crippen LogP contribution is -2.34. The number of benzene rings is 1. The molecule has 1 aromatic carbocycles. The minimum Gasteiger partial charge on any atom is -0.494 e. The van der Waals surface area contributed by atoms with Gasteiger partial charge in [-0.1, -0.05) is 0 Å². The van der Waals surface area contributed by atoms with Crippen molar-refractivity contribution >= 4 is 17.5 Å². The summed E-state index contributed by atoms with van der Waals surface area (Å²) < 4.78 is 31.7. The van der Waals surface area contributed by atoms with Gasteiger partial charge in [0.1, 0.15) is 11.5 Å². The zero-order valence-electron chi connectivity index (χ0n) is 11.0. The second kappa shape index (κ2) is 5.88. The standard InChI is InChI=1S/C13H12F2N2O4/c1-21-11-5-9(7(14)4-8(11)15)16-10-6-12(19)17(2-3-18)13(10)20/h4-6,16,18H,2-3H2,1H3. The SMILES string of the molecule is COc1cc(NC2=CC(=O)N(CCO)C2=O)c(F)cc1F. The molecule has 0 spiro atoms. The Morgan fingerprint density at radius 3 is 2.62 bits per heavy atom. The highest BCUT2D eigenvalue weighted by Crippen LogP contribution is 2.27. The largest absolute Gasteiger partial charge is 0.494 e. The highest BCUT2D eigenvalue weighted by atomic mass is 19.1. The molecule has 0 fully saturated rings. The van der Waals surface area contributed by atoms with Crippen molar-refractivity contribution in [1.29, 1.82) is 0 Å². The summed E-state index contributed by atoms with van der Waals surface area (Å²) in [6, 6.07) is 1.65. The van der Waals surface area contributed by atoms with Gasteiger partial charge in [0.05, 0.1) is 25.9 Å². The number of anilines is 1. The van der Waals surface area contributed by atoms with E-state index in [1.807, 2.05) is 0 Å². The monoisotopic (exact) mass is 298 g/mol. The van der Waals surface area contributed by atoms with Crippen molar-refractivity contribution in [2.45, 2.75) is 0 Å². The number of aliphatic hydroxyl groups is 1. The Kier molecular flexibility index (Phi) is 4.18. The maximum atomic E-state index is 13.7. The summed E-state index contributed by atoms with van der Waals surface area (Å²) in [6.07, 6.45) is 0.979. The predicted molar refractivity (Wildman–Crippen MR) is 68.4 cm³/mol. The highest BCUT2D eigenvalue weighted by molar-refractivity contribution is 6.17. The Balaban J connectivity index is 2.25. The molecule has 1 aromatic rings. The van der Waals surface area contributed by atoms with Gasteiger partial charge in [0, 0.05) is 18.2 Å². The third-order valence-electron chi connectivity index (χ3n) is 2.84. The van der Waals surface area contributed by atoms with E-state index < -0.39 is 23.4 Å². The zero-order chi connectivity index (χ0) is 15.6. The van der Waals surface area contributed by atoms with Crippen LogP contribution in [0.3, 0.4) is 0 Å². The molecule has 0 saturated carbocycles. The topological polar surface area (TPSA) is 78.9 Å². The molecule has 8 heteroatoms. The number of ether oxygens (including phenoxy) is 1. The molecular formula is C13H12F2N2O4. The smallest absolute Gasteiger partial charge is 0.277 e. The van der Waals surface area contributed by atoms with Crippen molar-refractivity contribution in [2.75, 3.05) is 25.6 Å². The number of carbonyl (C=O) groups excluding carboxylic acids is 2. The first-order valence-electron chi connectivity index (χ1n) is 5.96. The number of β-amino-alcohol motifs (C(OH)–C–C–N with tert-alkyl or cyclic N) is 1. The van der Waals surface area contributed by atoms with Gasteiger partial charge < -0.3 is 15.2 Å². The number of hydrogen-bond donors (Lipinski definition) is 2. The van der Waals surface area contributed by atoms with Crippen molar-refractivity contribution < 1.29 is 28.2 Å². The zero-order valence-corrected chi connectivity index (χ0v) is 11.0. The summed E-state index contributed by atoms with van der Waals surface area (Å²) >= 11 is 0. The lowest BCUT2D eigenvalue weighted by Gasteiger charge is -2.14. The Morgan fingerprint density at radius 2 is 2.00 bits per heavy atom. The second-order valence-electron chi connectivity index (χ2n) is 4.17. The van der Waals surface area contributed by atoms with Crippen LogP contribution in [0.1, 0.15) is 0 Å². The first-order chi connectivity index (χ1) is 9.97. The summed E-state index contributed by atoms with van der Waals surface area (Å²) in [5.74, 6) is -3.34. The van der Waals surface area contributed by atoms with E-state index in [0.717, 1.165) is 17.0 Å². The number of nitrogens with zero attached hydrogens (tertiary/aromatic N) is 1. The predicted octanol–water partition coefficient (Wildman–Crippen LogP) is 0.630. The molecule has 1 aliphatic rings. The van der Waals surface area contributed by atoms with Crippen molar-refractivity contribution in [3.05, 3.63) is 35.5 Å². The Hall–Kier alpha value is -2.48. The summed E-state index contributed by atoms with van der Waals surface area (Å²) in [5.41, 5.74) is -0.368. The molecule has 0 aromatic heterocycles. The number of halogens is 2. The van der Waals surface area contributed by atoms with Crippen molar-refractivity contribution in [1.82, 2.24) is 4.90 Å². The molecule has 21 heavy (non-hydrogen) atoms. The fourth-order valence-electron chi connectivity index (χ4n) is 1.84. The van der Waals surface area contributed by atoms with Crippen LogP contribution in [0.5, 0.6) is 5.75 Å². The van der Waals surface area contributed by atoms with Gasteiger partial charge in [-0.25, -0.2) is 8.78 Å². The molecule has 1 heterocycles. The highest BCUT2D eigenvalue weighted by Gasteiger charge is 2.31. The molecule has 0 saturated heterocycles. The van der Waals surface area contributed by atoms with Gasteiger partial charge in [0.15, 0.2) is 11.6 Å². The van der Waals surface area contributed by atoms with E-state index in [4.69, 9.17) is 9.84 Å². The molecule has 0 radical (unpaired) electrons. The number of rotatable bonds is 5. The number of amides is 2. The van der Waals surface area contributed by atoms with Crippen LogP contribution in [0.4, 0.5) is 14.5 Å². The summed E-state index contributed by atoms with van der Waals surface area (Å²) in [6.45, 7) is -0.536. The molecule has 2 rings (SSSR count). The fraction of sp³-hybridized carbons (Fsp3) is 0.231. The Morgan fingerprint density at radius 1 is 1.29 bits per heavy atom. The number of imide groups is 1. The van der Waals surface area contributed by atoms with Gasteiger partial charge in [-0.2, -0.15) is 0 Å². The summed E-state index contributed by atoms with van der Waals surface area (Å²) in [5, 5.41) is 11.2. The van der Waals surface area contributed by atoms with E-state index in [1.165, 1.54) is 7.11 Å². The minimum absolute atomic E-state index is 0.158. The van der Waals surface area contributed by atoms with E-state index in [0.29, 0.717) is 6.07 Å². The summed E-state index contributed by atoms with van der Waals surface area (Å²) in [7, 11) is 1.21. The molecule has 6 nitrogen and oxygen atoms in total. The van der Waals surface area contributed by atoms with E-state index in [-0.39, 0.29) is 30.3 Å². The third kappa shape index (κ3) is 2.84. The maximum absolute atomic E-state index is 13.7. The van der Waals surface area contributed by atoms with Crippen LogP contribution in [0, 0.1) is 11.6 Å². The molecule has 0 bridgehead atoms. The van der Waals surface area contributed by atoms with Gasteiger partial charge in [-0.3, -0.25) is 14.5 Å². The number of nitrogens with one attached hydrogen (secondary N) is 1. The summed E-state index contributed by atoms with van der Waals surface area (Å²) in [4.78, 5) is 24.2. The lowest BCUT2D eigenvalue weighted by atomic mass is 10.2. The van der Waals surface area contributed by atoms with Gasteiger partial charge in [0.25, 0.3) is 11.8 Å². The van der Waals surface area contributed by atoms with Gasteiger partial charge in [-0.05, 0) is 0 Å². The van der Waals surface area contributed by atoms with Crippen LogP contribution >= 0.6 is 0 Å². The molecule has 2 N–H and O–H groups in total. The van der Waals surface area contributed by atoms with Gasteiger partial charge in [-0.15, -0.1) is 0 Å². The number of methoxy groups -OCH3 is 1. The molecule has 0 aliphatic carbocycles. The average Bonchev–Trinajstić information content (AvgIpc) is 2.70. The van der Waals surface area contributed by atoms with Crippen molar-refractivity contribution in [2.24, 2.45) is 0 Å². The Labute approximate surface area is 118 Å². The minimum atomic E-state index is -0.935. The maximum Gasteiger partial charge on any atom is 0.277 e. The average molecular weight is 298 g/mol. The van der Waals surface area contributed by atoms with E-state index in [9.17, 15) is 18.4 Å². The normalized spacial score (nSPS) is 14.5. The number of aliphatic hydroxyl groups excluding tert-OH is 1. The second-order valence-corrected chi connectivity index (χ2v) is 4.17. The first-order valence-corrected chi connectivity index (χ1v) is 5.96. The first kappa shape index (κ1) is 14.9. The van der Waals surface area contributed by atoms with E-state index in [1.54, 1.807) is 0 Å². The van der Waals surface area contributed by atoms with Gasteiger partial charge in [0.2, 0.25) is 0 Å². The third-order valence-corrected chi connectivity index (χ3v) is 2.84. The van der Waals surface area contributed by atoms with Crippen LogP contribution in [-0.4, -0.2) is 42.1 Å². The number of carbonyl (C=O) groups is 2. The van der Waals surface area contributed by atoms with Crippen LogP contribution in [0.15, 0.2) is 23.9 Å². The molecular weight excluding hydrogens is 286 g/mol. The van der Waals surface area contributed by atoms with E-state index in [2.05, 4.69) is 5.32 Å². The van der Waals surface area contributed by atoms with E-state index >= 15 is 0 Å². The molecule has 0 atom stereocenters. The fourth-order valence-corrected chi connectivity index (χ4v) is 1.84. The molecule has 112 valence electrons. The Bertz CT molecular complexity index is 631. The van der Waals surface area contributed by atoms with Crippen LogP contribution < -0.4 is 10.1 Å². The van der Waals surface area contributed by atoms with Crippen LogP contribution in [-0.2, 0) is 9.59 Å². The van der Waals surface area contributed by atoms with Crippen molar-refractivity contribution in [3.63, 3.8) is 0 Å². The molecule has 2 amide bonds.